The van der Waals surface area contributed by atoms with Crippen molar-refractivity contribution >= 4 is 0 Å². The number of likely N-dealkylation sites (tertiary alicyclic amines) is 1. The summed E-state index contributed by atoms with van der Waals surface area (Å²) in [5, 5.41) is 13.4. The minimum absolute atomic E-state index is 0.231. The minimum atomic E-state index is -0.231. The molecule has 20 heavy (non-hydrogen) atoms. The van der Waals surface area contributed by atoms with E-state index in [2.05, 4.69) is 30.1 Å². The quantitative estimate of drug-likeness (QED) is 0.856. The first kappa shape index (κ1) is 14.4. The Morgan fingerprint density at radius 1 is 1.25 bits per heavy atom. The summed E-state index contributed by atoms with van der Waals surface area (Å²) >= 11 is 0. The van der Waals surface area contributed by atoms with E-state index in [0.29, 0.717) is 18.1 Å². The van der Waals surface area contributed by atoms with Crippen molar-refractivity contribution < 1.29 is 0 Å². The van der Waals surface area contributed by atoms with Gasteiger partial charge in [-0.25, -0.2) is 0 Å². The SMILES string of the molecule is CCC1CCC(C)N1C1CCCC(C#N)(NC2CC2)C1. The van der Waals surface area contributed by atoms with Gasteiger partial charge < -0.3 is 0 Å². The molecular formula is C17H29N3. The maximum absolute atomic E-state index is 9.74. The van der Waals surface area contributed by atoms with E-state index in [0.717, 1.165) is 18.9 Å². The zero-order valence-electron chi connectivity index (χ0n) is 13.1. The minimum Gasteiger partial charge on any atom is -0.297 e. The summed E-state index contributed by atoms with van der Waals surface area (Å²) in [7, 11) is 0. The van der Waals surface area contributed by atoms with Crippen LogP contribution in [0.5, 0.6) is 0 Å². The Hall–Kier alpha value is -0.590. The third-order valence-corrected chi connectivity index (χ3v) is 5.74. The van der Waals surface area contributed by atoms with Crippen molar-refractivity contribution in [2.75, 3.05) is 0 Å². The molecule has 0 radical (unpaired) electrons. The van der Waals surface area contributed by atoms with Crippen LogP contribution in [0.3, 0.4) is 0 Å². The van der Waals surface area contributed by atoms with Crippen LogP contribution in [-0.2, 0) is 0 Å². The van der Waals surface area contributed by atoms with E-state index < -0.39 is 0 Å². The Labute approximate surface area is 123 Å². The van der Waals surface area contributed by atoms with Gasteiger partial charge in [0.2, 0.25) is 0 Å². The molecule has 3 fully saturated rings. The van der Waals surface area contributed by atoms with Crippen LogP contribution in [0, 0.1) is 11.3 Å². The monoisotopic (exact) mass is 275 g/mol. The number of hydrogen-bond donors (Lipinski definition) is 1. The van der Waals surface area contributed by atoms with Gasteiger partial charge in [-0.05, 0) is 64.7 Å². The number of hydrogen-bond acceptors (Lipinski definition) is 3. The van der Waals surface area contributed by atoms with Crippen molar-refractivity contribution in [3.05, 3.63) is 0 Å². The number of nitrogens with one attached hydrogen (secondary N) is 1. The molecule has 1 heterocycles. The summed E-state index contributed by atoms with van der Waals surface area (Å²) in [4.78, 5) is 2.76. The first-order chi connectivity index (χ1) is 9.67. The van der Waals surface area contributed by atoms with Crippen molar-refractivity contribution in [1.29, 1.82) is 5.26 Å². The average molecular weight is 275 g/mol. The summed E-state index contributed by atoms with van der Waals surface area (Å²) < 4.78 is 0. The smallest absolute Gasteiger partial charge is 0.108 e. The highest BCUT2D eigenvalue weighted by Gasteiger charge is 2.44. The van der Waals surface area contributed by atoms with Crippen molar-refractivity contribution in [1.82, 2.24) is 10.2 Å². The fourth-order valence-corrected chi connectivity index (χ4v) is 4.55. The van der Waals surface area contributed by atoms with Crippen LogP contribution in [0.25, 0.3) is 0 Å². The average Bonchev–Trinajstić information content (AvgIpc) is 3.19. The zero-order valence-corrected chi connectivity index (χ0v) is 13.1. The first-order valence-corrected chi connectivity index (χ1v) is 8.64. The molecule has 0 aromatic carbocycles. The largest absolute Gasteiger partial charge is 0.297 e. The summed E-state index contributed by atoms with van der Waals surface area (Å²) in [6.45, 7) is 4.70. The molecule has 3 rings (SSSR count). The van der Waals surface area contributed by atoms with Gasteiger partial charge in [0.15, 0.2) is 0 Å². The predicted octanol–water partition coefficient (Wildman–Crippen LogP) is 3.21. The molecule has 0 amide bonds. The molecule has 2 saturated carbocycles. The van der Waals surface area contributed by atoms with Crippen LogP contribution in [0.4, 0.5) is 0 Å². The molecule has 0 spiro atoms. The standard InChI is InChI=1S/C17H29N3/c1-3-15-9-6-13(2)20(15)16-5-4-10-17(11-16,12-18)19-14-7-8-14/h13-16,19H,3-11H2,1-2H3. The van der Waals surface area contributed by atoms with Gasteiger partial charge in [-0.2, -0.15) is 5.26 Å². The van der Waals surface area contributed by atoms with Gasteiger partial charge in [-0.1, -0.05) is 6.92 Å². The highest BCUT2D eigenvalue weighted by molar-refractivity contribution is 5.14. The van der Waals surface area contributed by atoms with E-state index in [-0.39, 0.29) is 5.54 Å². The second-order valence-electron chi connectivity index (χ2n) is 7.30. The lowest BCUT2D eigenvalue weighted by atomic mass is 9.78. The number of rotatable bonds is 4. The van der Waals surface area contributed by atoms with Crippen molar-refractivity contribution in [2.45, 2.75) is 101 Å². The van der Waals surface area contributed by atoms with Crippen molar-refractivity contribution in [2.24, 2.45) is 0 Å². The molecule has 0 aromatic heterocycles. The van der Waals surface area contributed by atoms with E-state index in [1.807, 2.05) is 0 Å². The van der Waals surface area contributed by atoms with Crippen molar-refractivity contribution in [3.63, 3.8) is 0 Å². The molecule has 3 heteroatoms. The Kier molecular flexibility index (Phi) is 4.06. The lowest BCUT2D eigenvalue weighted by Gasteiger charge is -2.44. The molecule has 3 nitrogen and oxygen atoms in total. The fraction of sp³-hybridized carbons (Fsp3) is 0.941. The Bertz CT molecular complexity index is 384. The molecule has 3 aliphatic rings. The molecule has 1 saturated heterocycles. The van der Waals surface area contributed by atoms with Gasteiger partial charge in [0, 0.05) is 24.2 Å². The van der Waals surface area contributed by atoms with Crippen LogP contribution < -0.4 is 5.32 Å². The molecular weight excluding hydrogens is 246 g/mol. The molecule has 1 N–H and O–H groups in total. The molecule has 4 atom stereocenters. The number of nitriles is 1. The molecule has 1 aliphatic heterocycles. The predicted molar refractivity (Wildman–Crippen MR) is 81.4 cm³/mol. The third-order valence-electron chi connectivity index (χ3n) is 5.74. The molecule has 112 valence electrons. The maximum atomic E-state index is 9.74. The maximum Gasteiger partial charge on any atom is 0.108 e. The highest BCUT2D eigenvalue weighted by Crippen LogP contribution is 2.39. The Morgan fingerprint density at radius 3 is 2.70 bits per heavy atom. The van der Waals surface area contributed by atoms with Gasteiger partial charge in [0.25, 0.3) is 0 Å². The second kappa shape index (κ2) is 5.66. The van der Waals surface area contributed by atoms with Crippen molar-refractivity contribution in [3.8, 4) is 6.07 Å². The zero-order chi connectivity index (χ0) is 14.2. The fourth-order valence-electron chi connectivity index (χ4n) is 4.55. The summed E-state index contributed by atoms with van der Waals surface area (Å²) in [6, 6.07) is 5.37. The summed E-state index contributed by atoms with van der Waals surface area (Å²) in [6.07, 6.45) is 11.1. The van der Waals surface area contributed by atoms with E-state index in [1.165, 1.54) is 44.9 Å². The van der Waals surface area contributed by atoms with E-state index in [1.54, 1.807) is 0 Å². The molecule has 2 aliphatic carbocycles. The second-order valence-corrected chi connectivity index (χ2v) is 7.30. The molecule has 0 aromatic rings. The van der Waals surface area contributed by atoms with Crippen LogP contribution >= 0.6 is 0 Å². The Balaban J connectivity index is 1.71. The lowest BCUT2D eigenvalue weighted by Crippen LogP contribution is -2.55. The van der Waals surface area contributed by atoms with E-state index >= 15 is 0 Å². The third kappa shape index (κ3) is 2.73. The summed E-state index contributed by atoms with van der Waals surface area (Å²) in [5.74, 6) is 0. The molecule has 0 bridgehead atoms. The van der Waals surface area contributed by atoms with Crippen LogP contribution in [0.1, 0.15) is 71.6 Å². The van der Waals surface area contributed by atoms with Gasteiger partial charge in [-0.3, -0.25) is 10.2 Å². The van der Waals surface area contributed by atoms with Crippen LogP contribution in [0.2, 0.25) is 0 Å². The van der Waals surface area contributed by atoms with Gasteiger partial charge >= 0.3 is 0 Å². The molecule has 4 unspecified atom stereocenters. The van der Waals surface area contributed by atoms with Gasteiger partial charge in [-0.15, -0.1) is 0 Å². The number of nitrogens with zero attached hydrogens (tertiary/aromatic N) is 2. The van der Waals surface area contributed by atoms with Crippen LogP contribution in [0.15, 0.2) is 0 Å². The highest BCUT2D eigenvalue weighted by atomic mass is 15.2. The topological polar surface area (TPSA) is 39.1 Å². The first-order valence-electron chi connectivity index (χ1n) is 8.64. The van der Waals surface area contributed by atoms with Crippen LogP contribution in [-0.4, -0.2) is 34.6 Å². The van der Waals surface area contributed by atoms with Gasteiger partial charge in [0.1, 0.15) is 5.54 Å². The van der Waals surface area contributed by atoms with E-state index in [4.69, 9.17) is 0 Å². The normalized spacial score (nSPS) is 42.5. The van der Waals surface area contributed by atoms with Gasteiger partial charge in [0.05, 0.1) is 6.07 Å². The Morgan fingerprint density at radius 2 is 2.05 bits per heavy atom. The summed E-state index contributed by atoms with van der Waals surface area (Å²) in [5.41, 5.74) is -0.231. The van der Waals surface area contributed by atoms with E-state index in [9.17, 15) is 5.26 Å². The lowest BCUT2D eigenvalue weighted by molar-refractivity contribution is 0.0778.